The van der Waals surface area contributed by atoms with Gasteiger partial charge in [-0.15, -0.1) is 0 Å². The van der Waals surface area contributed by atoms with Gasteiger partial charge in [-0.3, -0.25) is 4.79 Å². The quantitative estimate of drug-likeness (QED) is 0.432. The summed E-state index contributed by atoms with van der Waals surface area (Å²) in [5, 5.41) is 12.1. The minimum absolute atomic E-state index is 0.106. The molecule has 0 unspecified atom stereocenters. The summed E-state index contributed by atoms with van der Waals surface area (Å²) in [5.41, 5.74) is 1.10. The molecule has 0 radical (unpaired) electrons. The first kappa shape index (κ1) is 22.8. The zero-order chi connectivity index (χ0) is 23.0. The predicted molar refractivity (Wildman–Crippen MR) is 123 cm³/mol. The molecule has 0 aliphatic rings. The normalized spacial score (nSPS) is 12.8. The maximum atomic E-state index is 14.2. The fraction of sp³-hybridized carbons (Fsp3) is 0.222. The van der Waals surface area contributed by atoms with E-state index < -0.39 is 23.3 Å². The van der Waals surface area contributed by atoms with Crippen LogP contribution in [0.3, 0.4) is 0 Å². The lowest BCUT2D eigenvalue weighted by molar-refractivity contribution is -0.147. The molecule has 1 N–H and O–H groups in total. The van der Waals surface area contributed by atoms with Crippen LogP contribution in [0.25, 0.3) is 0 Å². The molecule has 0 bridgehead atoms. The summed E-state index contributed by atoms with van der Waals surface area (Å²) >= 11 is 0. The topological polar surface area (TPSA) is 79.2 Å². The van der Waals surface area contributed by atoms with Crippen LogP contribution in [0.2, 0.25) is 0 Å². The summed E-state index contributed by atoms with van der Waals surface area (Å²) in [6.07, 6.45) is 0.106. The van der Waals surface area contributed by atoms with Crippen molar-refractivity contribution < 1.29 is 14.3 Å². The van der Waals surface area contributed by atoms with E-state index in [4.69, 9.17) is 10.00 Å². The van der Waals surface area contributed by atoms with Crippen LogP contribution >= 0.6 is 0 Å². The Bertz CT molecular complexity index is 979. The van der Waals surface area contributed by atoms with E-state index in [1.165, 1.54) is 7.11 Å². The molecule has 0 saturated heterocycles. The monoisotopic (exact) mass is 426 g/mol. The Balaban J connectivity index is 2.23. The molecule has 3 aromatic carbocycles. The molecule has 0 spiro atoms. The van der Waals surface area contributed by atoms with Crippen LogP contribution in [0.5, 0.6) is 0 Å². The number of esters is 1. The van der Waals surface area contributed by atoms with Crippen LogP contribution in [-0.4, -0.2) is 25.0 Å². The Kier molecular flexibility index (Phi) is 7.41. The molecule has 5 nitrogen and oxygen atoms in total. The van der Waals surface area contributed by atoms with Crippen molar-refractivity contribution in [3.05, 3.63) is 108 Å². The molecule has 162 valence electrons. The van der Waals surface area contributed by atoms with Gasteiger partial charge < -0.3 is 10.1 Å². The molecule has 5 heteroatoms. The van der Waals surface area contributed by atoms with Crippen molar-refractivity contribution in [2.24, 2.45) is 5.92 Å². The standard InChI is InChI=1S/C27H26N2O3/c1-20(18-19-28)24(25(30)32-2)29-26(31)27(21-12-6-3-7-13-21,22-14-8-4-9-15-22)23-16-10-5-11-17-23/h3-17,20,24H,18H2,1-2H3,(H,29,31)/t20-,24-/m0/s1. The van der Waals surface area contributed by atoms with Crippen molar-refractivity contribution in [2.75, 3.05) is 7.11 Å². The highest BCUT2D eigenvalue weighted by Crippen LogP contribution is 2.39. The molecular formula is C27H26N2O3. The highest BCUT2D eigenvalue weighted by Gasteiger charge is 2.45. The average molecular weight is 427 g/mol. The van der Waals surface area contributed by atoms with E-state index in [9.17, 15) is 9.59 Å². The van der Waals surface area contributed by atoms with Gasteiger partial charge in [-0.05, 0) is 16.7 Å². The SMILES string of the molecule is COC(=O)[C@@H](NC(=O)C(c1ccccc1)(c1ccccc1)c1ccccc1)[C@@H](C)CC#N. The number of nitrogens with zero attached hydrogens (tertiary/aromatic N) is 1. The van der Waals surface area contributed by atoms with E-state index in [1.807, 2.05) is 91.0 Å². The van der Waals surface area contributed by atoms with Crippen molar-refractivity contribution in [2.45, 2.75) is 24.8 Å². The molecule has 3 rings (SSSR count). The number of ether oxygens (including phenoxy) is 1. The molecule has 0 aliphatic heterocycles. The van der Waals surface area contributed by atoms with E-state index in [-0.39, 0.29) is 12.3 Å². The number of benzene rings is 3. The molecular weight excluding hydrogens is 400 g/mol. The Morgan fingerprint density at radius 3 is 1.62 bits per heavy atom. The first-order chi connectivity index (χ1) is 15.6. The van der Waals surface area contributed by atoms with E-state index in [1.54, 1.807) is 6.92 Å². The third kappa shape index (κ3) is 4.40. The Labute approximate surface area is 188 Å². The van der Waals surface area contributed by atoms with Crippen molar-refractivity contribution in [1.82, 2.24) is 5.32 Å². The van der Waals surface area contributed by atoms with Gasteiger partial charge in [0.05, 0.1) is 13.2 Å². The number of nitrogens with one attached hydrogen (secondary N) is 1. The summed E-state index contributed by atoms with van der Waals surface area (Å²) in [4.78, 5) is 26.8. The van der Waals surface area contributed by atoms with Crippen molar-refractivity contribution in [1.29, 1.82) is 5.26 Å². The Hall–Kier alpha value is -3.91. The van der Waals surface area contributed by atoms with Crippen molar-refractivity contribution in [3.8, 4) is 6.07 Å². The lowest BCUT2D eigenvalue weighted by atomic mass is 9.68. The Morgan fingerprint density at radius 2 is 1.28 bits per heavy atom. The summed E-state index contributed by atoms with van der Waals surface area (Å²) < 4.78 is 4.95. The summed E-state index contributed by atoms with van der Waals surface area (Å²) in [6, 6.07) is 29.6. The smallest absolute Gasteiger partial charge is 0.328 e. The summed E-state index contributed by atoms with van der Waals surface area (Å²) in [7, 11) is 1.28. The second kappa shape index (κ2) is 10.4. The first-order valence-corrected chi connectivity index (χ1v) is 10.5. The largest absolute Gasteiger partial charge is 0.467 e. The second-order valence-corrected chi connectivity index (χ2v) is 7.66. The number of carbonyl (C=O) groups is 2. The van der Waals surface area contributed by atoms with Gasteiger partial charge in [0.25, 0.3) is 0 Å². The van der Waals surface area contributed by atoms with Gasteiger partial charge in [-0.25, -0.2) is 4.79 Å². The lowest BCUT2D eigenvalue weighted by Crippen LogP contribution is -2.54. The summed E-state index contributed by atoms with van der Waals surface area (Å²) in [5.74, 6) is -1.36. The van der Waals surface area contributed by atoms with Gasteiger partial charge >= 0.3 is 5.97 Å². The molecule has 0 heterocycles. The zero-order valence-corrected chi connectivity index (χ0v) is 18.2. The number of hydrogen-bond donors (Lipinski definition) is 1. The third-order valence-corrected chi connectivity index (χ3v) is 5.69. The van der Waals surface area contributed by atoms with E-state index >= 15 is 0 Å². The minimum atomic E-state index is -1.21. The van der Waals surface area contributed by atoms with Crippen molar-refractivity contribution in [3.63, 3.8) is 0 Å². The molecule has 1 amide bonds. The average Bonchev–Trinajstić information content (AvgIpc) is 2.84. The van der Waals surface area contributed by atoms with Gasteiger partial charge in [-0.1, -0.05) is 97.9 Å². The van der Waals surface area contributed by atoms with Crippen LogP contribution in [0.4, 0.5) is 0 Å². The number of nitriles is 1. The van der Waals surface area contributed by atoms with Gasteiger partial charge in [0.2, 0.25) is 5.91 Å². The van der Waals surface area contributed by atoms with E-state index in [0.717, 1.165) is 16.7 Å². The van der Waals surface area contributed by atoms with Gasteiger partial charge in [0.1, 0.15) is 11.5 Å². The van der Waals surface area contributed by atoms with E-state index in [0.29, 0.717) is 0 Å². The predicted octanol–water partition coefficient (Wildman–Crippen LogP) is 4.23. The molecule has 2 atom stereocenters. The highest BCUT2D eigenvalue weighted by atomic mass is 16.5. The zero-order valence-electron chi connectivity index (χ0n) is 18.2. The number of methoxy groups -OCH3 is 1. The Morgan fingerprint density at radius 1 is 0.875 bits per heavy atom. The summed E-state index contributed by atoms with van der Waals surface area (Å²) in [6.45, 7) is 1.75. The first-order valence-electron chi connectivity index (χ1n) is 10.5. The fourth-order valence-electron chi connectivity index (χ4n) is 4.03. The van der Waals surface area contributed by atoms with Crippen LogP contribution < -0.4 is 5.32 Å². The highest BCUT2D eigenvalue weighted by molar-refractivity contribution is 5.98. The number of amides is 1. The number of rotatable bonds is 8. The molecule has 3 aromatic rings. The maximum Gasteiger partial charge on any atom is 0.328 e. The van der Waals surface area contributed by atoms with Crippen LogP contribution in [0, 0.1) is 17.2 Å². The minimum Gasteiger partial charge on any atom is -0.467 e. The molecule has 32 heavy (non-hydrogen) atoms. The van der Waals surface area contributed by atoms with Gasteiger partial charge in [-0.2, -0.15) is 5.26 Å². The van der Waals surface area contributed by atoms with Crippen LogP contribution in [0.1, 0.15) is 30.0 Å². The molecule has 0 aliphatic carbocycles. The van der Waals surface area contributed by atoms with Crippen LogP contribution in [0.15, 0.2) is 91.0 Å². The second-order valence-electron chi connectivity index (χ2n) is 7.66. The van der Waals surface area contributed by atoms with Gasteiger partial charge in [0.15, 0.2) is 0 Å². The molecule has 0 saturated carbocycles. The number of hydrogen-bond acceptors (Lipinski definition) is 4. The van der Waals surface area contributed by atoms with E-state index in [2.05, 4.69) is 11.4 Å². The van der Waals surface area contributed by atoms with Crippen LogP contribution in [-0.2, 0) is 19.7 Å². The number of carbonyl (C=O) groups excluding carboxylic acids is 2. The maximum absolute atomic E-state index is 14.2. The van der Waals surface area contributed by atoms with Gasteiger partial charge in [0, 0.05) is 12.3 Å². The fourth-order valence-corrected chi connectivity index (χ4v) is 4.03. The lowest BCUT2D eigenvalue weighted by Gasteiger charge is -2.36. The van der Waals surface area contributed by atoms with Crippen molar-refractivity contribution >= 4 is 11.9 Å². The molecule has 0 aromatic heterocycles. The molecule has 0 fully saturated rings. The third-order valence-electron chi connectivity index (χ3n) is 5.69.